The summed E-state index contributed by atoms with van der Waals surface area (Å²) in [5.41, 5.74) is 2.00. The molecule has 2 unspecified atom stereocenters. The number of amides is 3. The Kier molecular flexibility index (Phi) is 6.79. The second kappa shape index (κ2) is 9.64. The first-order valence-corrected chi connectivity index (χ1v) is 13.9. The van der Waals surface area contributed by atoms with E-state index in [0.29, 0.717) is 35.7 Å². The van der Waals surface area contributed by atoms with Crippen molar-refractivity contribution < 1.29 is 19.5 Å². The summed E-state index contributed by atoms with van der Waals surface area (Å²) in [6.07, 6.45) is 1.84. The van der Waals surface area contributed by atoms with Crippen molar-refractivity contribution in [1.29, 1.82) is 0 Å². The normalized spacial score (nSPS) is 30.8. The highest BCUT2D eigenvalue weighted by Crippen LogP contribution is 2.71. The summed E-state index contributed by atoms with van der Waals surface area (Å²) >= 11 is 8.02. The lowest BCUT2D eigenvalue weighted by molar-refractivity contribution is -0.141. The van der Waals surface area contributed by atoms with Gasteiger partial charge in [0.25, 0.3) is 0 Å². The fraction of sp³-hybridized carbons (Fsp3) is 0.464. The lowest BCUT2D eigenvalue weighted by atomic mass is 9.66. The number of halogens is 1. The predicted molar refractivity (Wildman–Crippen MR) is 147 cm³/mol. The van der Waals surface area contributed by atoms with Crippen LogP contribution in [0.25, 0.3) is 0 Å². The molecule has 37 heavy (non-hydrogen) atoms. The molecule has 2 aromatic carbocycles. The number of anilines is 2. The average Bonchev–Trinajstić information content (AvgIpc) is 3.44. The van der Waals surface area contributed by atoms with E-state index in [9.17, 15) is 19.5 Å². The zero-order valence-corrected chi connectivity index (χ0v) is 22.7. The van der Waals surface area contributed by atoms with Crippen LogP contribution in [-0.2, 0) is 14.4 Å². The van der Waals surface area contributed by atoms with Gasteiger partial charge >= 0.3 is 0 Å². The molecule has 2 aromatic rings. The van der Waals surface area contributed by atoms with Gasteiger partial charge in [-0.1, -0.05) is 48.9 Å². The number of rotatable bonds is 7. The number of hydrogen-bond acceptors (Lipinski definition) is 5. The van der Waals surface area contributed by atoms with Gasteiger partial charge in [-0.3, -0.25) is 14.4 Å². The van der Waals surface area contributed by atoms with E-state index in [-0.39, 0.29) is 24.3 Å². The Bertz CT molecular complexity index is 1220. The van der Waals surface area contributed by atoms with Crippen molar-refractivity contribution in [2.75, 3.05) is 17.2 Å². The average molecular weight is 542 g/mol. The lowest BCUT2D eigenvalue weighted by Gasteiger charge is -2.36. The third kappa shape index (κ3) is 4.04. The topological polar surface area (TPSA) is 98.7 Å². The number of aryl methyl sites for hydroxylation is 1. The molecule has 6 atom stereocenters. The second-order valence-electron chi connectivity index (χ2n) is 10.5. The molecule has 5 rings (SSSR count). The van der Waals surface area contributed by atoms with Gasteiger partial charge in [0, 0.05) is 10.4 Å². The van der Waals surface area contributed by atoms with Crippen molar-refractivity contribution >= 4 is 52.5 Å². The minimum Gasteiger partial charge on any atom is -0.394 e. The predicted octanol–water partition coefficient (Wildman–Crippen LogP) is 4.48. The summed E-state index contributed by atoms with van der Waals surface area (Å²) in [7, 11) is 0. The number of carbonyl (C=O) groups is 3. The minimum atomic E-state index is -0.834. The maximum Gasteiger partial charge on any atom is 0.248 e. The molecular weight excluding hydrogens is 510 g/mol. The Morgan fingerprint density at radius 3 is 2.51 bits per heavy atom. The number of likely N-dealkylation sites (tertiary alicyclic amines) is 1. The van der Waals surface area contributed by atoms with Crippen LogP contribution < -0.4 is 10.6 Å². The molecule has 3 heterocycles. The molecule has 3 amide bonds. The van der Waals surface area contributed by atoms with Gasteiger partial charge < -0.3 is 20.6 Å². The number of nitrogens with one attached hydrogen (secondary N) is 2. The van der Waals surface area contributed by atoms with Crippen LogP contribution in [0.3, 0.4) is 0 Å². The van der Waals surface area contributed by atoms with Crippen molar-refractivity contribution in [3.63, 3.8) is 0 Å². The van der Waals surface area contributed by atoms with Gasteiger partial charge in [0.05, 0.1) is 39.9 Å². The highest BCUT2D eigenvalue weighted by Gasteiger charge is 2.77. The molecule has 196 valence electrons. The van der Waals surface area contributed by atoms with E-state index in [1.807, 2.05) is 63.2 Å². The molecule has 3 fully saturated rings. The fourth-order valence-corrected chi connectivity index (χ4v) is 9.21. The monoisotopic (exact) mass is 541 g/mol. The van der Waals surface area contributed by atoms with Crippen LogP contribution in [0.2, 0.25) is 5.02 Å². The third-order valence-corrected chi connectivity index (χ3v) is 10.6. The van der Waals surface area contributed by atoms with E-state index in [2.05, 4.69) is 10.6 Å². The molecule has 0 aliphatic carbocycles. The summed E-state index contributed by atoms with van der Waals surface area (Å²) in [4.78, 5) is 43.5. The van der Waals surface area contributed by atoms with Crippen molar-refractivity contribution in [3.8, 4) is 0 Å². The maximum absolute atomic E-state index is 14.2. The molecule has 0 saturated carbocycles. The summed E-state index contributed by atoms with van der Waals surface area (Å²) in [6.45, 7) is 5.53. The Morgan fingerprint density at radius 2 is 1.86 bits per heavy atom. The number of aliphatic hydroxyl groups is 1. The maximum atomic E-state index is 14.2. The molecular formula is C28H32ClN3O4S. The zero-order valence-electron chi connectivity index (χ0n) is 21.2. The summed E-state index contributed by atoms with van der Waals surface area (Å²) < 4.78 is -1.25. The quantitative estimate of drug-likeness (QED) is 0.480. The zero-order chi connectivity index (χ0) is 26.5. The Hall–Kier alpha value is -2.55. The van der Waals surface area contributed by atoms with E-state index >= 15 is 0 Å². The number of aliphatic hydroxyl groups excluding tert-OH is 1. The number of para-hydroxylation sites is 2. The molecule has 0 aromatic heterocycles. The van der Waals surface area contributed by atoms with Crippen LogP contribution in [0, 0.1) is 18.8 Å². The van der Waals surface area contributed by atoms with Gasteiger partial charge in [-0.2, -0.15) is 0 Å². The van der Waals surface area contributed by atoms with E-state index in [4.69, 9.17) is 11.6 Å². The molecule has 3 aliphatic rings. The van der Waals surface area contributed by atoms with Crippen LogP contribution in [0.4, 0.5) is 11.4 Å². The van der Waals surface area contributed by atoms with Gasteiger partial charge in [-0.15, -0.1) is 11.8 Å². The highest BCUT2D eigenvalue weighted by molar-refractivity contribution is 8.02. The Morgan fingerprint density at radius 1 is 1.14 bits per heavy atom. The third-order valence-electron chi connectivity index (χ3n) is 8.33. The second-order valence-corrected chi connectivity index (χ2v) is 12.8. The van der Waals surface area contributed by atoms with Crippen molar-refractivity contribution in [1.82, 2.24) is 4.90 Å². The number of nitrogens with zero attached hydrogens (tertiary/aromatic N) is 1. The minimum absolute atomic E-state index is 0.207. The van der Waals surface area contributed by atoms with Gasteiger partial charge in [0.15, 0.2) is 0 Å². The van der Waals surface area contributed by atoms with Crippen LogP contribution >= 0.6 is 23.4 Å². The molecule has 7 nitrogen and oxygen atoms in total. The van der Waals surface area contributed by atoms with Gasteiger partial charge in [-0.05, 0) is 56.9 Å². The van der Waals surface area contributed by atoms with Crippen LogP contribution in [0.15, 0.2) is 48.5 Å². The van der Waals surface area contributed by atoms with E-state index in [1.54, 1.807) is 22.7 Å². The summed E-state index contributed by atoms with van der Waals surface area (Å²) in [6, 6.07) is 13.2. The molecule has 3 aliphatic heterocycles. The van der Waals surface area contributed by atoms with Crippen LogP contribution in [0.5, 0.6) is 0 Å². The molecule has 1 spiro atoms. The van der Waals surface area contributed by atoms with Crippen molar-refractivity contribution in [2.24, 2.45) is 11.8 Å². The van der Waals surface area contributed by atoms with Gasteiger partial charge in [0.2, 0.25) is 17.7 Å². The SMILES string of the molecule is CC[C@@H](CO)N1C(=O)[C@@H]2[C@@H](C(=O)Nc3ccccc3)[C@@]3(C)CCC2(S3)C1C(=O)Nc1c(C)cccc1Cl. The van der Waals surface area contributed by atoms with E-state index in [0.717, 1.165) is 5.56 Å². The number of benzene rings is 2. The van der Waals surface area contributed by atoms with Crippen LogP contribution in [-0.4, -0.2) is 55.9 Å². The first kappa shape index (κ1) is 26.1. The van der Waals surface area contributed by atoms with Gasteiger partial charge in [-0.25, -0.2) is 0 Å². The summed E-state index contributed by atoms with van der Waals surface area (Å²) in [5, 5.41) is 16.6. The van der Waals surface area contributed by atoms with Crippen LogP contribution in [0.1, 0.15) is 38.7 Å². The Labute approximate surface area is 226 Å². The Balaban J connectivity index is 1.55. The first-order chi connectivity index (χ1) is 17.7. The number of fused-ring (bicyclic) bond motifs is 1. The standard InChI is InChI=1S/C28H32ClN3O4S/c1-4-18(15-33)32-23(25(35)31-22-16(2)9-8-12-19(22)29)28-14-13-27(3,37-28)20(21(28)26(32)36)24(34)30-17-10-6-5-7-11-17/h5-12,18,20-21,23,33H,4,13-15H2,1-3H3,(H,30,34)(H,31,35)/t18-,20-,21-,23?,27+,28?/m0/s1. The summed E-state index contributed by atoms with van der Waals surface area (Å²) in [5.74, 6) is -2.04. The molecule has 3 N–H and O–H groups in total. The van der Waals surface area contributed by atoms with Crippen molar-refractivity contribution in [3.05, 3.63) is 59.1 Å². The number of thioether (sulfide) groups is 1. The smallest absolute Gasteiger partial charge is 0.248 e. The van der Waals surface area contributed by atoms with E-state index in [1.165, 1.54) is 0 Å². The number of carbonyl (C=O) groups excluding carboxylic acids is 3. The number of hydrogen-bond donors (Lipinski definition) is 3. The molecule has 9 heteroatoms. The molecule has 3 saturated heterocycles. The van der Waals surface area contributed by atoms with Crippen molar-refractivity contribution in [2.45, 2.75) is 61.6 Å². The first-order valence-electron chi connectivity index (χ1n) is 12.7. The van der Waals surface area contributed by atoms with Gasteiger partial charge in [0.1, 0.15) is 6.04 Å². The fourth-order valence-electron chi connectivity index (χ4n) is 6.59. The van der Waals surface area contributed by atoms with E-state index < -0.39 is 33.4 Å². The molecule has 0 radical (unpaired) electrons. The highest BCUT2D eigenvalue weighted by atomic mass is 35.5. The largest absolute Gasteiger partial charge is 0.394 e. The molecule has 2 bridgehead atoms. The lowest BCUT2D eigenvalue weighted by Crippen LogP contribution is -2.54.